The largest absolute Gasteiger partial charge is 0.496 e. The molecule has 1 saturated carbocycles. The predicted molar refractivity (Wildman–Crippen MR) is 88.7 cm³/mol. The normalized spacial score (nSPS) is 16.2. The van der Waals surface area contributed by atoms with Crippen molar-refractivity contribution in [3.8, 4) is 5.75 Å². The van der Waals surface area contributed by atoms with Gasteiger partial charge in [0.1, 0.15) is 5.75 Å². The Bertz CT molecular complexity index is 452. The lowest BCUT2D eigenvalue weighted by Crippen LogP contribution is -2.33. The summed E-state index contributed by atoms with van der Waals surface area (Å²) < 4.78 is 11.9. The van der Waals surface area contributed by atoms with E-state index in [-0.39, 0.29) is 6.04 Å². The van der Waals surface area contributed by atoms with Crippen molar-refractivity contribution in [2.75, 3.05) is 40.5 Å². The van der Waals surface area contributed by atoms with E-state index in [1.807, 2.05) is 6.07 Å². The van der Waals surface area contributed by atoms with Gasteiger partial charge in [0.25, 0.3) is 0 Å². The minimum absolute atomic E-state index is 0.191. The summed E-state index contributed by atoms with van der Waals surface area (Å²) in [5, 5.41) is 0. The van der Waals surface area contributed by atoms with Gasteiger partial charge < -0.3 is 15.2 Å². The number of rotatable bonds is 9. The first-order valence-corrected chi connectivity index (χ1v) is 8.26. The minimum atomic E-state index is 0.191. The molecule has 1 atom stereocenters. The van der Waals surface area contributed by atoms with Gasteiger partial charge in [-0.25, -0.2) is 0 Å². The number of methoxy groups -OCH3 is 1. The van der Waals surface area contributed by atoms with Gasteiger partial charge >= 0.3 is 0 Å². The summed E-state index contributed by atoms with van der Waals surface area (Å²) >= 11 is 3.53. The van der Waals surface area contributed by atoms with E-state index in [9.17, 15) is 0 Å². The second-order valence-corrected chi connectivity index (χ2v) is 6.50. The summed E-state index contributed by atoms with van der Waals surface area (Å²) in [6.45, 7) is 3.15. The molecule has 1 fully saturated rings. The van der Waals surface area contributed by atoms with E-state index in [2.05, 4.69) is 40.0 Å². The molecule has 1 unspecified atom stereocenters. The molecule has 1 aromatic carbocycles. The molecule has 21 heavy (non-hydrogen) atoms. The van der Waals surface area contributed by atoms with Crippen molar-refractivity contribution in [3.63, 3.8) is 0 Å². The topological polar surface area (TPSA) is 47.7 Å². The Labute approximate surface area is 135 Å². The van der Waals surface area contributed by atoms with E-state index in [0.717, 1.165) is 35.9 Å². The Kier molecular flexibility index (Phi) is 6.48. The number of halogens is 1. The third-order valence-electron chi connectivity index (χ3n) is 3.95. The zero-order valence-corrected chi connectivity index (χ0v) is 14.4. The molecule has 118 valence electrons. The van der Waals surface area contributed by atoms with Crippen LogP contribution in [0.15, 0.2) is 22.7 Å². The molecule has 1 aliphatic carbocycles. The first kappa shape index (κ1) is 16.7. The monoisotopic (exact) mass is 356 g/mol. The number of nitrogens with zero attached hydrogens (tertiary/aromatic N) is 1. The van der Waals surface area contributed by atoms with Crippen LogP contribution in [-0.4, -0.2) is 45.4 Å². The fourth-order valence-corrected chi connectivity index (χ4v) is 2.92. The lowest BCUT2D eigenvalue weighted by atomic mass is 10.1. The van der Waals surface area contributed by atoms with Crippen molar-refractivity contribution in [2.45, 2.75) is 18.9 Å². The summed E-state index contributed by atoms with van der Waals surface area (Å²) in [7, 11) is 3.76. The fraction of sp³-hybridized carbons (Fsp3) is 0.625. The third-order valence-corrected chi connectivity index (χ3v) is 4.57. The maximum atomic E-state index is 5.96. The van der Waals surface area contributed by atoms with Crippen molar-refractivity contribution in [1.29, 1.82) is 0 Å². The zero-order valence-electron chi connectivity index (χ0n) is 12.8. The van der Waals surface area contributed by atoms with Gasteiger partial charge in [0.15, 0.2) is 0 Å². The number of nitrogens with two attached hydrogens (primary N) is 1. The predicted octanol–water partition coefficient (Wildman–Crippen LogP) is 2.82. The first-order chi connectivity index (χ1) is 10.2. The van der Waals surface area contributed by atoms with Crippen LogP contribution in [0.5, 0.6) is 5.75 Å². The highest BCUT2D eigenvalue weighted by atomic mass is 79.9. The Balaban J connectivity index is 1.88. The number of benzene rings is 1. The SMILES string of the molecule is COc1ccc(C(CN)N(C)CCOCC2CC2)cc1Br. The van der Waals surface area contributed by atoms with Crippen LogP contribution in [-0.2, 0) is 4.74 Å². The molecule has 0 saturated heterocycles. The summed E-state index contributed by atoms with van der Waals surface area (Å²) in [5.41, 5.74) is 7.15. The Morgan fingerprint density at radius 3 is 2.76 bits per heavy atom. The van der Waals surface area contributed by atoms with Crippen LogP contribution in [0.3, 0.4) is 0 Å². The summed E-state index contributed by atoms with van der Waals surface area (Å²) in [6, 6.07) is 6.32. The van der Waals surface area contributed by atoms with Crippen molar-refractivity contribution in [1.82, 2.24) is 4.90 Å². The molecular formula is C16H25BrN2O2. The van der Waals surface area contributed by atoms with Gasteiger partial charge in [-0.15, -0.1) is 0 Å². The molecule has 2 N–H and O–H groups in total. The van der Waals surface area contributed by atoms with Gasteiger partial charge in [-0.1, -0.05) is 6.07 Å². The second-order valence-electron chi connectivity index (χ2n) is 5.64. The van der Waals surface area contributed by atoms with Crippen LogP contribution < -0.4 is 10.5 Å². The van der Waals surface area contributed by atoms with Crippen LogP contribution in [0.25, 0.3) is 0 Å². The van der Waals surface area contributed by atoms with E-state index < -0.39 is 0 Å². The Morgan fingerprint density at radius 2 is 2.19 bits per heavy atom. The van der Waals surface area contributed by atoms with Crippen molar-refractivity contribution in [3.05, 3.63) is 28.2 Å². The zero-order chi connectivity index (χ0) is 15.2. The molecule has 2 rings (SSSR count). The van der Waals surface area contributed by atoms with Gasteiger partial charge in [0.05, 0.1) is 18.2 Å². The third kappa shape index (κ3) is 4.95. The number of ether oxygens (including phenoxy) is 2. The lowest BCUT2D eigenvalue weighted by molar-refractivity contribution is 0.0922. The number of likely N-dealkylation sites (N-methyl/N-ethyl adjacent to an activating group) is 1. The van der Waals surface area contributed by atoms with Crippen LogP contribution >= 0.6 is 15.9 Å². The van der Waals surface area contributed by atoms with Gasteiger partial charge in [-0.2, -0.15) is 0 Å². The van der Waals surface area contributed by atoms with E-state index in [1.54, 1.807) is 7.11 Å². The molecule has 4 nitrogen and oxygen atoms in total. The van der Waals surface area contributed by atoms with Gasteiger partial charge in [-0.3, -0.25) is 4.90 Å². The number of hydrogen-bond donors (Lipinski definition) is 1. The van der Waals surface area contributed by atoms with E-state index in [1.165, 1.54) is 18.4 Å². The molecule has 0 bridgehead atoms. The summed E-state index contributed by atoms with van der Waals surface area (Å²) in [5.74, 6) is 1.66. The van der Waals surface area contributed by atoms with Gasteiger partial charge in [0.2, 0.25) is 0 Å². The van der Waals surface area contributed by atoms with Crippen LogP contribution in [0.2, 0.25) is 0 Å². The number of hydrogen-bond acceptors (Lipinski definition) is 4. The molecule has 0 spiro atoms. The summed E-state index contributed by atoms with van der Waals surface area (Å²) in [6.07, 6.45) is 2.67. The van der Waals surface area contributed by atoms with Crippen molar-refractivity contribution >= 4 is 15.9 Å². The smallest absolute Gasteiger partial charge is 0.133 e. The van der Waals surface area contributed by atoms with Crippen molar-refractivity contribution in [2.24, 2.45) is 11.7 Å². The molecule has 0 aromatic heterocycles. The molecule has 0 aliphatic heterocycles. The maximum Gasteiger partial charge on any atom is 0.133 e. The lowest BCUT2D eigenvalue weighted by Gasteiger charge is -2.27. The molecule has 1 aromatic rings. The maximum absolute atomic E-state index is 5.96. The highest BCUT2D eigenvalue weighted by Gasteiger charge is 2.21. The quantitative estimate of drug-likeness (QED) is 0.691. The van der Waals surface area contributed by atoms with Crippen molar-refractivity contribution < 1.29 is 9.47 Å². The van der Waals surface area contributed by atoms with Gasteiger partial charge in [0, 0.05) is 25.7 Å². The molecule has 0 amide bonds. The van der Waals surface area contributed by atoms with E-state index in [4.69, 9.17) is 15.2 Å². The van der Waals surface area contributed by atoms with Crippen LogP contribution in [0, 0.1) is 5.92 Å². The highest BCUT2D eigenvalue weighted by Crippen LogP contribution is 2.30. The molecule has 0 heterocycles. The minimum Gasteiger partial charge on any atom is -0.496 e. The Hall–Kier alpha value is -0.620. The standard InChI is InChI=1S/C16H25BrN2O2/c1-19(7-8-21-11-12-3-4-12)15(10-18)13-5-6-16(20-2)14(17)9-13/h5-6,9,12,15H,3-4,7-8,10-11,18H2,1-2H3. The molecular weight excluding hydrogens is 332 g/mol. The first-order valence-electron chi connectivity index (χ1n) is 7.47. The van der Waals surface area contributed by atoms with E-state index in [0.29, 0.717) is 6.54 Å². The highest BCUT2D eigenvalue weighted by molar-refractivity contribution is 9.10. The molecule has 1 aliphatic rings. The van der Waals surface area contributed by atoms with E-state index >= 15 is 0 Å². The average Bonchev–Trinajstić information content (AvgIpc) is 3.29. The Morgan fingerprint density at radius 1 is 1.43 bits per heavy atom. The average molecular weight is 357 g/mol. The second kappa shape index (κ2) is 8.13. The molecule has 0 radical (unpaired) electrons. The fourth-order valence-electron chi connectivity index (χ4n) is 2.36. The summed E-state index contributed by atoms with van der Waals surface area (Å²) in [4.78, 5) is 2.25. The van der Waals surface area contributed by atoms with Crippen LogP contribution in [0.1, 0.15) is 24.4 Å². The van der Waals surface area contributed by atoms with Gasteiger partial charge in [-0.05, 0) is 59.4 Å². The molecule has 5 heteroatoms. The van der Waals surface area contributed by atoms with Crippen LogP contribution in [0.4, 0.5) is 0 Å².